The zero-order chi connectivity index (χ0) is 18.2. The highest BCUT2D eigenvalue weighted by atomic mass is 16.6. The molecule has 0 atom stereocenters. The van der Waals surface area contributed by atoms with E-state index in [0.29, 0.717) is 25.3 Å². The molecule has 1 saturated carbocycles. The Morgan fingerprint density at radius 1 is 1.00 bits per heavy atom. The molecule has 0 spiro atoms. The SMILES string of the molecule is O=C(CCC1CCCCC1)NC1CCN(C(=O)Oc2ccccc2)CC1. The van der Waals surface area contributed by atoms with Crippen LogP contribution >= 0.6 is 0 Å². The van der Waals surface area contributed by atoms with Gasteiger partial charge >= 0.3 is 6.09 Å². The summed E-state index contributed by atoms with van der Waals surface area (Å²) in [5, 5.41) is 3.15. The number of carbonyl (C=O) groups excluding carboxylic acids is 2. The Kier molecular flexibility index (Phi) is 6.92. The number of nitrogens with zero attached hydrogens (tertiary/aromatic N) is 1. The maximum atomic E-state index is 12.2. The summed E-state index contributed by atoms with van der Waals surface area (Å²) < 4.78 is 5.38. The fraction of sp³-hybridized carbons (Fsp3) is 0.619. The molecule has 1 saturated heterocycles. The average Bonchev–Trinajstić information content (AvgIpc) is 2.68. The zero-order valence-electron chi connectivity index (χ0n) is 15.5. The van der Waals surface area contributed by atoms with E-state index in [2.05, 4.69) is 5.32 Å². The summed E-state index contributed by atoms with van der Waals surface area (Å²) >= 11 is 0. The molecule has 2 aliphatic rings. The van der Waals surface area contributed by atoms with Gasteiger partial charge in [0.2, 0.25) is 5.91 Å². The van der Waals surface area contributed by atoms with Crippen molar-refractivity contribution in [2.75, 3.05) is 13.1 Å². The molecule has 1 aromatic rings. The molecule has 3 rings (SSSR count). The van der Waals surface area contributed by atoms with Crippen molar-refractivity contribution in [2.45, 2.75) is 63.8 Å². The molecular formula is C21H30N2O3. The first-order valence-corrected chi connectivity index (χ1v) is 10.0. The highest BCUT2D eigenvalue weighted by Crippen LogP contribution is 2.27. The lowest BCUT2D eigenvalue weighted by molar-refractivity contribution is -0.122. The van der Waals surface area contributed by atoms with Crippen molar-refractivity contribution in [1.29, 1.82) is 0 Å². The van der Waals surface area contributed by atoms with E-state index >= 15 is 0 Å². The van der Waals surface area contributed by atoms with E-state index in [1.807, 2.05) is 18.2 Å². The molecule has 1 aromatic carbocycles. The molecule has 2 amide bonds. The third-order valence-electron chi connectivity index (χ3n) is 5.57. The monoisotopic (exact) mass is 358 g/mol. The van der Waals surface area contributed by atoms with Crippen molar-refractivity contribution >= 4 is 12.0 Å². The molecule has 0 aromatic heterocycles. The number of piperidine rings is 1. The van der Waals surface area contributed by atoms with Crippen LogP contribution in [0.4, 0.5) is 4.79 Å². The van der Waals surface area contributed by atoms with E-state index in [1.165, 1.54) is 32.1 Å². The number of hydrogen-bond donors (Lipinski definition) is 1. The number of amides is 2. The van der Waals surface area contributed by atoms with E-state index in [-0.39, 0.29) is 18.0 Å². The third kappa shape index (κ3) is 5.75. The van der Waals surface area contributed by atoms with E-state index in [4.69, 9.17) is 4.74 Å². The molecule has 5 heteroatoms. The maximum absolute atomic E-state index is 12.2. The van der Waals surface area contributed by atoms with Gasteiger partial charge in [0.15, 0.2) is 0 Å². The van der Waals surface area contributed by atoms with E-state index < -0.39 is 0 Å². The maximum Gasteiger partial charge on any atom is 0.415 e. The average molecular weight is 358 g/mol. The summed E-state index contributed by atoms with van der Waals surface area (Å²) in [4.78, 5) is 26.1. The number of ether oxygens (including phenoxy) is 1. The van der Waals surface area contributed by atoms with Crippen molar-refractivity contribution < 1.29 is 14.3 Å². The first-order valence-electron chi connectivity index (χ1n) is 10.0. The molecule has 0 unspecified atom stereocenters. The second-order valence-corrected chi connectivity index (χ2v) is 7.55. The summed E-state index contributed by atoms with van der Waals surface area (Å²) in [7, 11) is 0. The van der Waals surface area contributed by atoms with Crippen LogP contribution in [-0.4, -0.2) is 36.0 Å². The fourth-order valence-electron chi connectivity index (χ4n) is 3.97. The van der Waals surface area contributed by atoms with Crippen LogP contribution in [-0.2, 0) is 4.79 Å². The van der Waals surface area contributed by atoms with Gasteiger partial charge < -0.3 is 15.0 Å². The Balaban J connectivity index is 1.34. The van der Waals surface area contributed by atoms with Crippen molar-refractivity contribution in [2.24, 2.45) is 5.92 Å². The van der Waals surface area contributed by atoms with E-state index in [0.717, 1.165) is 25.2 Å². The lowest BCUT2D eigenvalue weighted by atomic mass is 9.86. The fourth-order valence-corrected chi connectivity index (χ4v) is 3.97. The molecule has 26 heavy (non-hydrogen) atoms. The Labute approximate surface area is 156 Å². The first-order chi connectivity index (χ1) is 12.7. The summed E-state index contributed by atoms with van der Waals surface area (Å²) in [5.74, 6) is 1.47. The smallest absolute Gasteiger partial charge is 0.410 e. The molecule has 142 valence electrons. The Hall–Kier alpha value is -2.04. The standard InChI is InChI=1S/C21H30N2O3/c24-20(12-11-17-7-3-1-4-8-17)22-18-13-15-23(16-14-18)21(25)26-19-9-5-2-6-10-19/h2,5-6,9-10,17-18H,1,3-4,7-8,11-16H2,(H,22,24). The number of rotatable bonds is 5. The lowest BCUT2D eigenvalue weighted by Crippen LogP contribution is -2.47. The van der Waals surface area contributed by atoms with Gasteiger partial charge in [-0.2, -0.15) is 0 Å². The predicted octanol–water partition coefficient (Wildman–Crippen LogP) is 4.13. The number of nitrogens with one attached hydrogen (secondary N) is 1. The van der Waals surface area contributed by atoms with Gasteiger partial charge in [0.1, 0.15) is 5.75 Å². The molecule has 2 fully saturated rings. The minimum Gasteiger partial charge on any atom is -0.410 e. The number of carbonyl (C=O) groups is 2. The zero-order valence-corrected chi connectivity index (χ0v) is 15.5. The van der Waals surface area contributed by atoms with Crippen LogP contribution in [0.3, 0.4) is 0 Å². The minimum absolute atomic E-state index is 0.167. The molecular weight excluding hydrogens is 328 g/mol. The van der Waals surface area contributed by atoms with E-state index in [1.54, 1.807) is 17.0 Å². The van der Waals surface area contributed by atoms with Gasteiger partial charge in [0, 0.05) is 25.6 Å². The second kappa shape index (κ2) is 9.60. The number of benzene rings is 1. The van der Waals surface area contributed by atoms with Crippen LogP contribution in [0.2, 0.25) is 0 Å². The molecule has 0 radical (unpaired) electrons. The Morgan fingerprint density at radius 3 is 2.38 bits per heavy atom. The van der Waals surface area contributed by atoms with Gasteiger partial charge in [-0.3, -0.25) is 4.79 Å². The topological polar surface area (TPSA) is 58.6 Å². The normalized spacial score (nSPS) is 19.2. The quantitative estimate of drug-likeness (QED) is 0.861. The van der Waals surface area contributed by atoms with Gasteiger partial charge in [-0.25, -0.2) is 4.79 Å². The van der Waals surface area contributed by atoms with Crippen LogP contribution in [0.5, 0.6) is 5.75 Å². The number of likely N-dealkylation sites (tertiary alicyclic amines) is 1. The first kappa shape index (κ1) is 18.7. The highest BCUT2D eigenvalue weighted by Gasteiger charge is 2.25. The molecule has 1 heterocycles. The van der Waals surface area contributed by atoms with Crippen molar-refractivity contribution in [1.82, 2.24) is 10.2 Å². The second-order valence-electron chi connectivity index (χ2n) is 7.55. The van der Waals surface area contributed by atoms with Gasteiger partial charge in [-0.1, -0.05) is 50.3 Å². The summed E-state index contributed by atoms with van der Waals surface area (Å²) in [6.45, 7) is 1.25. The lowest BCUT2D eigenvalue weighted by Gasteiger charge is -2.31. The van der Waals surface area contributed by atoms with Crippen LogP contribution in [0.15, 0.2) is 30.3 Å². The Morgan fingerprint density at radius 2 is 1.69 bits per heavy atom. The summed E-state index contributed by atoms with van der Waals surface area (Å²) in [6, 6.07) is 9.30. The molecule has 1 N–H and O–H groups in total. The Bertz CT molecular complexity index is 576. The number of para-hydroxylation sites is 1. The van der Waals surface area contributed by atoms with Crippen molar-refractivity contribution in [3.05, 3.63) is 30.3 Å². The van der Waals surface area contributed by atoms with Crippen molar-refractivity contribution in [3.63, 3.8) is 0 Å². The summed E-state index contributed by atoms with van der Waals surface area (Å²) in [6.07, 6.45) is 9.51. The number of hydrogen-bond acceptors (Lipinski definition) is 3. The van der Waals surface area contributed by atoms with Crippen LogP contribution in [0, 0.1) is 5.92 Å². The van der Waals surface area contributed by atoms with Crippen LogP contribution in [0.25, 0.3) is 0 Å². The van der Waals surface area contributed by atoms with Gasteiger partial charge in [0.05, 0.1) is 0 Å². The highest BCUT2D eigenvalue weighted by molar-refractivity contribution is 5.76. The summed E-state index contributed by atoms with van der Waals surface area (Å²) in [5.41, 5.74) is 0. The molecule has 1 aliphatic heterocycles. The third-order valence-corrected chi connectivity index (χ3v) is 5.57. The van der Waals surface area contributed by atoms with Crippen molar-refractivity contribution in [3.8, 4) is 5.75 Å². The van der Waals surface area contributed by atoms with Crippen LogP contribution in [0.1, 0.15) is 57.8 Å². The minimum atomic E-state index is -0.307. The molecule has 0 bridgehead atoms. The predicted molar refractivity (Wildman–Crippen MR) is 101 cm³/mol. The largest absolute Gasteiger partial charge is 0.415 e. The molecule has 5 nitrogen and oxygen atoms in total. The van der Waals surface area contributed by atoms with Gasteiger partial charge in [0.25, 0.3) is 0 Å². The van der Waals surface area contributed by atoms with Gasteiger partial charge in [-0.05, 0) is 37.3 Å². The van der Waals surface area contributed by atoms with E-state index in [9.17, 15) is 9.59 Å². The van der Waals surface area contributed by atoms with Crippen LogP contribution < -0.4 is 10.1 Å². The molecule has 1 aliphatic carbocycles. The van der Waals surface area contributed by atoms with Gasteiger partial charge in [-0.15, -0.1) is 0 Å².